The predicted octanol–water partition coefficient (Wildman–Crippen LogP) is 2.51. The van der Waals surface area contributed by atoms with Gasteiger partial charge in [-0.1, -0.05) is 15.9 Å². The van der Waals surface area contributed by atoms with E-state index in [4.69, 9.17) is 4.74 Å². The smallest absolute Gasteiger partial charge is 0.283 e. The second-order valence-electron chi connectivity index (χ2n) is 4.69. The Hall–Kier alpha value is -1.47. The van der Waals surface area contributed by atoms with Crippen molar-refractivity contribution in [3.05, 3.63) is 38.3 Å². The number of hydrogen-bond acceptors (Lipinski definition) is 4. The Kier molecular flexibility index (Phi) is 5.08. The predicted molar refractivity (Wildman–Crippen MR) is 76.7 cm³/mol. The van der Waals surface area contributed by atoms with Crippen LogP contribution in [-0.2, 0) is 4.74 Å². The van der Waals surface area contributed by atoms with Crippen molar-refractivity contribution in [2.75, 3.05) is 19.8 Å². The number of carbonyl (C=O) groups is 1. The van der Waals surface area contributed by atoms with E-state index < -0.39 is 10.8 Å². The van der Waals surface area contributed by atoms with Crippen LogP contribution in [0.5, 0.6) is 0 Å². The molecule has 0 saturated heterocycles. The van der Waals surface area contributed by atoms with Gasteiger partial charge in [0.15, 0.2) is 0 Å². The second kappa shape index (κ2) is 6.81. The lowest BCUT2D eigenvalue weighted by Crippen LogP contribution is -2.28. The third-order valence-corrected chi connectivity index (χ3v) is 3.48. The van der Waals surface area contributed by atoms with Crippen LogP contribution >= 0.6 is 15.9 Å². The first kappa shape index (κ1) is 14.9. The van der Waals surface area contributed by atoms with Gasteiger partial charge < -0.3 is 10.1 Å². The van der Waals surface area contributed by atoms with Gasteiger partial charge in [0.05, 0.1) is 11.5 Å². The monoisotopic (exact) mass is 342 g/mol. The van der Waals surface area contributed by atoms with Gasteiger partial charge in [-0.15, -0.1) is 0 Å². The average Bonchev–Trinajstić information content (AvgIpc) is 3.22. The summed E-state index contributed by atoms with van der Waals surface area (Å²) in [5.41, 5.74) is -0.156. The molecule has 0 spiro atoms. The number of nitrogens with one attached hydrogen (secondary N) is 1. The highest BCUT2D eigenvalue weighted by atomic mass is 79.9. The zero-order chi connectivity index (χ0) is 14.5. The number of rotatable bonds is 7. The van der Waals surface area contributed by atoms with E-state index in [-0.39, 0.29) is 11.3 Å². The summed E-state index contributed by atoms with van der Waals surface area (Å²) < 4.78 is 5.95. The number of carbonyl (C=O) groups excluding carboxylic acids is 1. The van der Waals surface area contributed by atoms with Gasteiger partial charge in [0.25, 0.3) is 11.6 Å². The number of hydrogen-bond donors (Lipinski definition) is 1. The van der Waals surface area contributed by atoms with E-state index in [2.05, 4.69) is 21.2 Å². The Labute approximate surface area is 124 Å². The van der Waals surface area contributed by atoms with E-state index >= 15 is 0 Å². The quantitative estimate of drug-likeness (QED) is 0.469. The molecule has 1 saturated carbocycles. The Balaban J connectivity index is 1.85. The van der Waals surface area contributed by atoms with Gasteiger partial charge in [0.2, 0.25) is 0 Å². The van der Waals surface area contributed by atoms with Crippen molar-refractivity contribution in [3.8, 4) is 0 Å². The first-order valence-electron chi connectivity index (χ1n) is 6.38. The molecule has 1 aromatic rings. The molecule has 108 valence electrons. The molecule has 7 heteroatoms. The summed E-state index contributed by atoms with van der Waals surface area (Å²) in [6.45, 7) is 1.50. The van der Waals surface area contributed by atoms with E-state index in [9.17, 15) is 14.9 Å². The number of nitro benzene ring substituents is 1. The fourth-order valence-corrected chi connectivity index (χ4v) is 2.06. The van der Waals surface area contributed by atoms with Crippen LogP contribution in [0.25, 0.3) is 0 Å². The van der Waals surface area contributed by atoms with Crippen molar-refractivity contribution >= 4 is 27.5 Å². The fraction of sp³-hybridized carbons (Fsp3) is 0.462. The van der Waals surface area contributed by atoms with Crippen molar-refractivity contribution in [1.82, 2.24) is 5.32 Å². The summed E-state index contributed by atoms with van der Waals surface area (Å²) in [7, 11) is 0. The molecule has 1 aliphatic carbocycles. The molecule has 20 heavy (non-hydrogen) atoms. The van der Waals surface area contributed by atoms with Gasteiger partial charge in [0, 0.05) is 23.7 Å². The number of benzene rings is 1. The van der Waals surface area contributed by atoms with E-state index in [0.717, 1.165) is 6.61 Å². The lowest BCUT2D eigenvalue weighted by molar-refractivity contribution is -0.385. The third kappa shape index (κ3) is 4.28. The molecule has 6 nitrogen and oxygen atoms in total. The van der Waals surface area contributed by atoms with Crippen LogP contribution in [0, 0.1) is 16.0 Å². The standard InChI is InChI=1S/C13H15BrN2O4/c14-10-3-4-11(12(7-10)16(18)19)13(17)15-5-6-20-8-9-1-2-9/h3-4,7,9H,1-2,5-6,8H2,(H,15,17). The highest BCUT2D eigenvalue weighted by molar-refractivity contribution is 9.10. The Morgan fingerprint density at radius 2 is 2.25 bits per heavy atom. The van der Waals surface area contributed by atoms with Gasteiger partial charge in [0.1, 0.15) is 5.56 Å². The molecule has 0 radical (unpaired) electrons. The van der Waals surface area contributed by atoms with Crippen LogP contribution in [0.4, 0.5) is 5.69 Å². The topological polar surface area (TPSA) is 81.5 Å². The Bertz CT molecular complexity index is 517. The Morgan fingerprint density at radius 1 is 1.50 bits per heavy atom. The summed E-state index contributed by atoms with van der Waals surface area (Å²) in [5, 5.41) is 13.5. The molecule has 1 aromatic carbocycles. The van der Waals surface area contributed by atoms with Crippen LogP contribution in [-0.4, -0.2) is 30.6 Å². The first-order chi connectivity index (χ1) is 9.58. The van der Waals surface area contributed by atoms with Crippen molar-refractivity contribution in [3.63, 3.8) is 0 Å². The molecule has 1 N–H and O–H groups in total. The van der Waals surface area contributed by atoms with E-state index in [1.54, 1.807) is 6.07 Å². The van der Waals surface area contributed by atoms with Crippen molar-refractivity contribution in [1.29, 1.82) is 0 Å². The van der Waals surface area contributed by atoms with E-state index in [1.807, 2.05) is 0 Å². The highest BCUT2D eigenvalue weighted by Crippen LogP contribution is 2.28. The number of nitro groups is 1. The van der Waals surface area contributed by atoms with Crippen LogP contribution in [0.15, 0.2) is 22.7 Å². The zero-order valence-corrected chi connectivity index (χ0v) is 12.4. The summed E-state index contributed by atoms with van der Waals surface area (Å²) in [6.07, 6.45) is 2.44. The molecule has 0 bridgehead atoms. The minimum absolute atomic E-state index is 0.0559. The maximum Gasteiger partial charge on any atom is 0.283 e. The highest BCUT2D eigenvalue weighted by Gasteiger charge is 2.22. The van der Waals surface area contributed by atoms with E-state index in [1.165, 1.54) is 25.0 Å². The molecule has 1 fully saturated rings. The molecule has 2 rings (SSSR count). The van der Waals surface area contributed by atoms with Crippen LogP contribution in [0.3, 0.4) is 0 Å². The molecule has 0 unspecified atom stereocenters. The SMILES string of the molecule is O=C(NCCOCC1CC1)c1ccc(Br)cc1[N+](=O)[O-]. The maximum atomic E-state index is 11.9. The zero-order valence-electron chi connectivity index (χ0n) is 10.8. The second-order valence-corrected chi connectivity index (χ2v) is 5.61. The molecular weight excluding hydrogens is 328 g/mol. The number of amides is 1. The Morgan fingerprint density at radius 3 is 2.90 bits per heavy atom. The molecule has 0 heterocycles. The molecule has 0 atom stereocenters. The molecule has 1 amide bonds. The fourth-order valence-electron chi connectivity index (χ4n) is 1.71. The summed E-state index contributed by atoms with van der Waals surface area (Å²) >= 11 is 3.15. The molecule has 0 aromatic heterocycles. The van der Waals surface area contributed by atoms with Gasteiger partial charge in [-0.25, -0.2) is 0 Å². The normalized spacial score (nSPS) is 14.1. The molecule has 0 aliphatic heterocycles. The summed E-state index contributed by atoms with van der Waals surface area (Å²) in [5.74, 6) is 0.220. The van der Waals surface area contributed by atoms with Crippen molar-refractivity contribution in [2.45, 2.75) is 12.8 Å². The van der Waals surface area contributed by atoms with Crippen LogP contribution in [0.2, 0.25) is 0 Å². The number of ether oxygens (including phenoxy) is 1. The largest absolute Gasteiger partial charge is 0.379 e. The van der Waals surface area contributed by atoms with Gasteiger partial charge in [-0.3, -0.25) is 14.9 Å². The minimum atomic E-state index is -0.566. The van der Waals surface area contributed by atoms with E-state index in [0.29, 0.717) is 23.5 Å². The van der Waals surface area contributed by atoms with Crippen LogP contribution in [0.1, 0.15) is 23.2 Å². The molecular formula is C13H15BrN2O4. The van der Waals surface area contributed by atoms with Crippen molar-refractivity contribution in [2.24, 2.45) is 5.92 Å². The number of halogens is 1. The third-order valence-electron chi connectivity index (χ3n) is 2.98. The van der Waals surface area contributed by atoms with Gasteiger partial charge in [-0.05, 0) is 30.9 Å². The summed E-state index contributed by atoms with van der Waals surface area (Å²) in [4.78, 5) is 22.3. The lowest BCUT2D eigenvalue weighted by atomic mass is 10.1. The average molecular weight is 343 g/mol. The van der Waals surface area contributed by atoms with Crippen molar-refractivity contribution < 1.29 is 14.5 Å². The van der Waals surface area contributed by atoms with Gasteiger partial charge >= 0.3 is 0 Å². The van der Waals surface area contributed by atoms with Crippen LogP contribution < -0.4 is 5.32 Å². The maximum absolute atomic E-state index is 11.9. The summed E-state index contributed by atoms with van der Waals surface area (Å²) in [6, 6.07) is 4.35. The number of nitrogens with zero attached hydrogens (tertiary/aromatic N) is 1. The minimum Gasteiger partial charge on any atom is -0.379 e. The lowest BCUT2D eigenvalue weighted by Gasteiger charge is -2.07. The van der Waals surface area contributed by atoms with Gasteiger partial charge in [-0.2, -0.15) is 0 Å². The molecule has 1 aliphatic rings. The first-order valence-corrected chi connectivity index (χ1v) is 7.17.